The molecule has 0 amide bonds. The number of phenolic OH excluding ortho intramolecular Hbond substituents is 1. The number of phenols is 1. The Hall–Kier alpha value is -4.70. The molecule has 0 bridgehead atoms. The Bertz CT molecular complexity index is 1850. The highest BCUT2D eigenvalue weighted by Crippen LogP contribution is 2.39. The molecule has 4 aromatic carbocycles. The zero-order chi connectivity index (χ0) is 28.7. The van der Waals surface area contributed by atoms with Crippen LogP contribution in [0.1, 0.15) is 56.2 Å². The molecule has 6 rings (SSSR count). The maximum absolute atomic E-state index is 10.9. The molecule has 0 radical (unpaired) electrons. The quantitative estimate of drug-likeness (QED) is 0.230. The molecule has 2 heterocycles. The first kappa shape index (κ1) is 26.5. The number of para-hydroxylation sites is 2. The van der Waals surface area contributed by atoms with Gasteiger partial charge in [-0.1, -0.05) is 100.0 Å². The molecular weight excluding hydrogens is 502 g/mol. The van der Waals surface area contributed by atoms with Crippen molar-refractivity contribution in [3.05, 3.63) is 120 Å². The van der Waals surface area contributed by atoms with Crippen molar-refractivity contribution in [2.24, 2.45) is 0 Å². The number of hydrogen-bond acceptors (Lipinski definition) is 3. The predicted octanol–water partition coefficient (Wildman–Crippen LogP) is 9.68. The number of imidazole rings is 1. The molecule has 0 aliphatic carbocycles. The Balaban J connectivity index is 1.58. The summed E-state index contributed by atoms with van der Waals surface area (Å²) >= 11 is 0. The summed E-state index contributed by atoms with van der Waals surface area (Å²) < 4.78 is 2.18. The molecule has 2 aromatic heterocycles. The number of nitrogens with zero attached hydrogens (tertiary/aromatic N) is 3. The van der Waals surface area contributed by atoms with E-state index in [0.29, 0.717) is 17.4 Å². The first-order valence-electron chi connectivity index (χ1n) is 14.3. The van der Waals surface area contributed by atoms with Crippen molar-refractivity contribution >= 4 is 10.8 Å². The van der Waals surface area contributed by atoms with Crippen molar-refractivity contribution in [3.63, 3.8) is 0 Å². The molecule has 0 saturated carbocycles. The maximum Gasteiger partial charge on any atom is 0.148 e. The highest BCUT2D eigenvalue weighted by atomic mass is 16.3. The van der Waals surface area contributed by atoms with Crippen LogP contribution in [0.15, 0.2) is 103 Å². The fraction of sp³-hybridized carbons (Fsp3) is 0.189. The standard InChI is InChI=1S/C37H35N3O/c1-23(2)29-13-9-14-30(24(3)4)36(29)40-22-33(39-37(40)32-12-6-7-15-34(32)41)27-10-8-11-28(21-27)35-31-17-16-25(5)20-26(31)18-19-38-35/h6-24,41H,1-5H3. The number of fused-ring (bicyclic) bond motifs is 1. The van der Waals surface area contributed by atoms with Gasteiger partial charge in [-0.2, -0.15) is 0 Å². The first-order valence-corrected chi connectivity index (χ1v) is 14.3. The van der Waals surface area contributed by atoms with Gasteiger partial charge >= 0.3 is 0 Å². The van der Waals surface area contributed by atoms with E-state index in [1.807, 2.05) is 24.4 Å². The zero-order valence-corrected chi connectivity index (χ0v) is 24.3. The van der Waals surface area contributed by atoms with Gasteiger partial charge in [-0.3, -0.25) is 9.55 Å². The molecule has 0 saturated heterocycles. The molecule has 0 fully saturated rings. The Morgan fingerprint density at radius 3 is 2.17 bits per heavy atom. The second-order valence-corrected chi connectivity index (χ2v) is 11.4. The van der Waals surface area contributed by atoms with Gasteiger partial charge in [0.15, 0.2) is 0 Å². The van der Waals surface area contributed by atoms with E-state index >= 15 is 0 Å². The van der Waals surface area contributed by atoms with Gasteiger partial charge in [0.25, 0.3) is 0 Å². The van der Waals surface area contributed by atoms with E-state index in [1.165, 1.54) is 22.1 Å². The predicted molar refractivity (Wildman–Crippen MR) is 170 cm³/mol. The molecule has 4 heteroatoms. The molecule has 0 spiro atoms. The fourth-order valence-corrected chi connectivity index (χ4v) is 5.69. The van der Waals surface area contributed by atoms with Crippen molar-refractivity contribution in [2.75, 3.05) is 0 Å². The van der Waals surface area contributed by atoms with Crippen molar-refractivity contribution in [1.82, 2.24) is 14.5 Å². The number of hydrogen-bond donors (Lipinski definition) is 1. The van der Waals surface area contributed by atoms with Crippen LogP contribution in [0.3, 0.4) is 0 Å². The minimum absolute atomic E-state index is 0.211. The molecule has 6 aromatic rings. The van der Waals surface area contributed by atoms with Crippen molar-refractivity contribution in [3.8, 4) is 45.3 Å². The summed E-state index contributed by atoms with van der Waals surface area (Å²) in [5.41, 5.74) is 9.41. The lowest BCUT2D eigenvalue weighted by atomic mass is 9.92. The Morgan fingerprint density at radius 2 is 1.44 bits per heavy atom. The van der Waals surface area contributed by atoms with Gasteiger partial charge in [0.2, 0.25) is 0 Å². The Labute approximate surface area is 242 Å². The molecule has 4 nitrogen and oxygen atoms in total. The number of aromatic hydroxyl groups is 1. The highest BCUT2D eigenvalue weighted by Gasteiger charge is 2.22. The summed E-state index contributed by atoms with van der Waals surface area (Å²) in [5.74, 6) is 1.56. The summed E-state index contributed by atoms with van der Waals surface area (Å²) in [6.45, 7) is 11.0. The Kier molecular flexibility index (Phi) is 6.92. The van der Waals surface area contributed by atoms with E-state index in [0.717, 1.165) is 39.4 Å². The van der Waals surface area contributed by atoms with Crippen LogP contribution in [-0.4, -0.2) is 19.6 Å². The fourth-order valence-electron chi connectivity index (χ4n) is 5.69. The van der Waals surface area contributed by atoms with Crippen LogP contribution >= 0.6 is 0 Å². The van der Waals surface area contributed by atoms with E-state index < -0.39 is 0 Å². The highest BCUT2D eigenvalue weighted by molar-refractivity contribution is 5.95. The lowest BCUT2D eigenvalue weighted by molar-refractivity contribution is 0.477. The van der Waals surface area contributed by atoms with Crippen LogP contribution in [0.5, 0.6) is 5.75 Å². The summed E-state index contributed by atoms with van der Waals surface area (Å²) in [4.78, 5) is 9.95. The second-order valence-electron chi connectivity index (χ2n) is 11.4. The number of aromatic nitrogens is 3. The molecule has 204 valence electrons. The zero-order valence-electron chi connectivity index (χ0n) is 24.3. The summed E-state index contributed by atoms with van der Waals surface area (Å²) in [6.07, 6.45) is 4.00. The maximum atomic E-state index is 10.9. The van der Waals surface area contributed by atoms with E-state index in [4.69, 9.17) is 9.97 Å². The van der Waals surface area contributed by atoms with Crippen LogP contribution < -0.4 is 0 Å². The molecule has 0 aliphatic rings. The molecule has 1 N–H and O–H groups in total. The SMILES string of the molecule is Cc1ccc2c(-c3cccc(-c4cn(-c5c(C(C)C)cccc5C(C)C)c(-c5ccccc5O)n4)c3)nccc2c1. The minimum Gasteiger partial charge on any atom is -0.507 e. The largest absolute Gasteiger partial charge is 0.507 e. The van der Waals surface area contributed by atoms with Gasteiger partial charge in [-0.25, -0.2) is 4.98 Å². The topological polar surface area (TPSA) is 50.9 Å². The molecular formula is C37H35N3O. The normalized spacial score (nSPS) is 11.6. The van der Waals surface area contributed by atoms with Crippen molar-refractivity contribution < 1.29 is 5.11 Å². The minimum atomic E-state index is 0.211. The van der Waals surface area contributed by atoms with Gasteiger partial charge in [0.05, 0.1) is 22.6 Å². The van der Waals surface area contributed by atoms with Crippen LogP contribution in [0.2, 0.25) is 0 Å². The molecule has 0 atom stereocenters. The lowest BCUT2D eigenvalue weighted by Gasteiger charge is -2.22. The smallest absolute Gasteiger partial charge is 0.148 e. The van der Waals surface area contributed by atoms with Crippen molar-refractivity contribution in [2.45, 2.75) is 46.5 Å². The van der Waals surface area contributed by atoms with Crippen LogP contribution in [0.4, 0.5) is 0 Å². The Morgan fingerprint density at radius 1 is 0.732 bits per heavy atom. The third-order valence-electron chi connectivity index (χ3n) is 7.79. The van der Waals surface area contributed by atoms with E-state index in [2.05, 4.69) is 112 Å². The first-order chi connectivity index (χ1) is 19.8. The summed E-state index contributed by atoms with van der Waals surface area (Å²) in [7, 11) is 0. The van der Waals surface area contributed by atoms with Crippen LogP contribution in [0, 0.1) is 6.92 Å². The van der Waals surface area contributed by atoms with Crippen molar-refractivity contribution in [1.29, 1.82) is 0 Å². The summed E-state index contributed by atoms with van der Waals surface area (Å²) in [6, 6.07) is 31.0. The van der Waals surface area contributed by atoms with Gasteiger partial charge in [0, 0.05) is 28.9 Å². The average Bonchev–Trinajstić information content (AvgIpc) is 3.41. The number of aryl methyl sites for hydroxylation is 1. The molecule has 41 heavy (non-hydrogen) atoms. The third-order valence-corrected chi connectivity index (χ3v) is 7.79. The third kappa shape index (κ3) is 4.91. The molecule has 0 unspecified atom stereocenters. The lowest BCUT2D eigenvalue weighted by Crippen LogP contribution is -2.07. The number of pyridine rings is 1. The van der Waals surface area contributed by atoms with E-state index in [1.54, 1.807) is 6.07 Å². The van der Waals surface area contributed by atoms with Gasteiger partial charge in [-0.05, 0) is 59.5 Å². The average molecular weight is 538 g/mol. The van der Waals surface area contributed by atoms with Gasteiger partial charge < -0.3 is 5.11 Å². The second kappa shape index (κ2) is 10.7. The monoisotopic (exact) mass is 537 g/mol. The van der Waals surface area contributed by atoms with E-state index in [9.17, 15) is 5.11 Å². The van der Waals surface area contributed by atoms with Gasteiger partial charge in [-0.15, -0.1) is 0 Å². The number of rotatable bonds is 6. The van der Waals surface area contributed by atoms with Crippen LogP contribution in [-0.2, 0) is 0 Å². The van der Waals surface area contributed by atoms with E-state index in [-0.39, 0.29) is 5.75 Å². The summed E-state index contributed by atoms with van der Waals surface area (Å²) in [5, 5.41) is 13.2. The molecule has 0 aliphatic heterocycles. The van der Waals surface area contributed by atoms with Gasteiger partial charge in [0.1, 0.15) is 11.6 Å². The number of benzene rings is 4. The van der Waals surface area contributed by atoms with Crippen LogP contribution in [0.25, 0.3) is 50.4 Å².